The van der Waals surface area contributed by atoms with Gasteiger partial charge in [0.2, 0.25) is 0 Å². The third kappa shape index (κ3) is 7.06. The van der Waals surface area contributed by atoms with E-state index in [1.165, 1.54) is 5.56 Å². The highest BCUT2D eigenvalue weighted by molar-refractivity contribution is 5.80. The second-order valence-electron chi connectivity index (χ2n) is 7.15. The Labute approximate surface area is 169 Å². The minimum absolute atomic E-state index is 0.0820. The summed E-state index contributed by atoms with van der Waals surface area (Å²) < 4.78 is 10.2. The zero-order valence-electron chi connectivity index (χ0n) is 17.6. The molecule has 1 unspecified atom stereocenters. The first kappa shape index (κ1) is 22.1. The van der Waals surface area contributed by atoms with E-state index in [0.29, 0.717) is 18.9 Å². The molecule has 0 radical (unpaired) electrons. The van der Waals surface area contributed by atoms with Crippen LogP contribution in [0.5, 0.6) is 5.75 Å². The summed E-state index contributed by atoms with van der Waals surface area (Å²) in [5, 5.41) is 3.49. The fourth-order valence-electron chi connectivity index (χ4n) is 3.61. The number of esters is 1. The molecule has 0 aromatic heterocycles. The van der Waals surface area contributed by atoms with Crippen molar-refractivity contribution in [3.8, 4) is 5.75 Å². The van der Waals surface area contributed by atoms with Crippen LogP contribution >= 0.6 is 0 Å². The average molecular weight is 390 g/mol. The molecule has 28 heavy (non-hydrogen) atoms. The zero-order valence-corrected chi connectivity index (χ0v) is 17.6. The van der Waals surface area contributed by atoms with Gasteiger partial charge in [-0.25, -0.2) is 0 Å². The number of nitrogens with zero attached hydrogens (tertiary/aromatic N) is 2. The van der Waals surface area contributed by atoms with Crippen LogP contribution in [-0.4, -0.2) is 57.2 Å². The van der Waals surface area contributed by atoms with E-state index in [0.717, 1.165) is 63.4 Å². The molecule has 1 saturated heterocycles. The van der Waals surface area contributed by atoms with E-state index >= 15 is 0 Å². The molecule has 156 valence electrons. The highest BCUT2D eigenvalue weighted by Gasteiger charge is 2.25. The lowest BCUT2D eigenvalue weighted by molar-refractivity contribution is -0.143. The lowest BCUT2D eigenvalue weighted by Gasteiger charge is -2.22. The number of rotatable bonds is 10. The predicted molar refractivity (Wildman–Crippen MR) is 113 cm³/mol. The van der Waals surface area contributed by atoms with Crippen LogP contribution in [0.1, 0.15) is 56.9 Å². The van der Waals surface area contributed by atoms with Gasteiger partial charge in [0.1, 0.15) is 5.75 Å². The third-order valence-corrected chi connectivity index (χ3v) is 5.18. The van der Waals surface area contributed by atoms with E-state index in [2.05, 4.69) is 27.3 Å². The quantitative estimate of drug-likeness (QED) is 0.287. The van der Waals surface area contributed by atoms with Gasteiger partial charge in [-0.3, -0.25) is 9.79 Å². The summed E-state index contributed by atoms with van der Waals surface area (Å²) in [6.07, 6.45) is 5.82. The monoisotopic (exact) mass is 389 g/mol. The molecule has 2 rings (SSSR count). The van der Waals surface area contributed by atoms with Crippen molar-refractivity contribution in [2.75, 3.05) is 40.4 Å². The third-order valence-electron chi connectivity index (χ3n) is 5.18. The number of nitrogens with one attached hydrogen (secondary N) is 1. The number of carbonyl (C=O) groups excluding carboxylic acids is 1. The maximum Gasteiger partial charge on any atom is 0.305 e. The first-order valence-corrected chi connectivity index (χ1v) is 10.4. The second kappa shape index (κ2) is 12.3. The summed E-state index contributed by atoms with van der Waals surface area (Å²) in [5.41, 5.74) is 1.36. The molecule has 1 N–H and O–H groups in total. The Kier molecular flexibility index (Phi) is 9.66. The Morgan fingerprint density at radius 2 is 1.96 bits per heavy atom. The fourth-order valence-corrected chi connectivity index (χ4v) is 3.61. The minimum Gasteiger partial charge on any atom is -0.497 e. The molecule has 0 bridgehead atoms. The molecular formula is C22H35N3O3. The van der Waals surface area contributed by atoms with Crippen molar-refractivity contribution in [3.05, 3.63) is 29.8 Å². The van der Waals surface area contributed by atoms with E-state index in [1.54, 1.807) is 7.11 Å². The van der Waals surface area contributed by atoms with E-state index in [1.807, 2.05) is 26.1 Å². The van der Waals surface area contributed by atoms with Gasteiger partial charge >= 0.3 is 5.97 Å². The average Bonchev–Trinajstić information content (AvgIpc) is 3.20. The molecule has 1 aromatic carbocycles. The standard InChI is InChI=1S/C22H35N3O3/c1-4-28-21(26)9-7-5-6-8-15-24-22(23-2)25-16-14-19(17-25)18-10-12-20(27-3)13-11-18/h10-13,19H,4-9,14-17H2,1-3H3,(H,23,24). The summed E-state index contributed by atoms with van der Waals surface area (Å²) >= 11 is 0. The van der Waals surface area contributed by atoms with Crippen LogP contribution in [-0.2, 0) is 9.53 Å². The number of hydrogen-bond acceptors (Lipinski definition) is 4. The number of hydrogen-bond donors (Lipinski definition) is 1. The van der Waals surface area contributed by atoms with Crippen molar-refractivity contribution >= 4 is 11.9 Å². The summed E-state index contributed by atoms with van der Waals surface area (Å²) in [4.78, 5) is 18.1. The summed E-state index contributed by atoms with van der Waals surface area (Å²) in [6, 6.07) is 8.40. The molecule has 1 aliphatic rings. The molecule has 0 spiro atoms. The summed E-state index contributed by atoms with van der Waals surface area (Å²) in [5.74, 6) is 2.34. The van der Waals surface area contributed by atoms with E-state index in [4.69, 9.17) is 9.47 Å². The number of benzene rings is 1. The Hall–Kier alpha value is -2.24. The van der Waals surface area contributed by atoms with Gasteiger partial charge < -0.3 is 19.7 Å². The molecular weight excluding hydrogens is 354 g/mol. The van der Waals surface area contributed by atoms with Crippen molar-refractivity contribution in [1.29, 1.82) is 0 Å². The van der Waals surface area contributed by atoms with Crippen LogP contribution in [0.25, 0.3) is 0 Å². The van der Waals surface area contributed by atoms with Crippen molar-refractivity contribution < 1.29 is 14.3 Å². The van der Waals surface area contributed by atoms with Gasteiger partial charge in [-0.05, 0) is 43.9 Å². The Balaban J connectivity index is 1.65. The number of guanidine groups is 1. The molecule has 1 atom stereocenters. The first-order chi connectivity index (χ1) is 13.7. The molecule has 1 fully saturated rings. The van der Waals surface area contributed by atoms with E-state index in [9.17, 15) is 4.79 Å². The largest absolute Gasteiger partial charge is 0.497 e. The van der Waals surface area contributed by atoms with Crippen LogP contribution in [0.15, 0.2) is 29.3 Å². The van der Waals surface area contributed by atoms with Gasteiger partial charge in [0.15, 0.2) is 5.96 Å². The highest BCUT2D eigenvalue weighted by atomic mass is 16.5. The van der Waals surface area contributed by atoms with Crippen molar-refractivity contribution in [1.82, 2.24) is 10.2 Å². The number of likely N-dealkylation sites (tertiary alicyclic amines) is 1. The molecule has 1 aliphatic heterocycles. The predicted octanol–water partition coefficient (Wildman–Crippen LogP) is 3.57. The molecule has 6 heteroatoms. The van der Waals surface area contributed by atoms with Crippen LogP contribution < -0.4 is 10.1 Å². The SMILES string of the molecule is CCOC(=O)CCCCCCNC(=NC)N1CCC(c2ccc(OC)cc2)C1. The number of carbonyl (C=O) groups is 1. The summed E-state index contributed by atoms with van der Waals surface area (Å²) in [7, 11) is 3.55. The smallest absolute Gasteiger partial charge is 0.305 e. The number of unbranched alkanes of at least 4 members (excludes halogenated alkanes) is 3. The van der Waals surface area contributed by atoms with E-state index in [-0.39, 0.29) is 5.97 Å². The molecule has 0 amide bonds. The number of methoxy groups -OCH3 is 1. The van der Waals surface area contributed by atoms with Crippen molar-refractivity contribution in [2.24, 2.45) is 4.99 Å². The Morgan fingerprint density at radius 1 is 1.21 bits per heavy atom. The first-order valence-electron chi connectivity index (χ1n) is 10.4. The van der Waals surface area contributed by atoms with Gasteiger partial charge in [-0.2, -0.15) is 0 Å². The maximum absolute atomic E-state index is 11.3. The molecule has 0 aliphatic carbocycles. The topological polar surface area (TPSA) is 63.2 Å². The van der Waals surface area contributed by atoms with Crippen LogP contribution in [0, 0.1) is 0 Å². The fraction of sp³-hybridized carbons (Fsp3) is 0.636. The molecule has 0 saturated carbocycles. The highest BCUT2D eigenvalue weighted by Crippen LogP contribution is 2.28. The van der Waals surface area contributed by atoms with Crippen LogP contribution in [0.4, 0.5) is 0 Å². The molecule has 1 aromatic rings. The van der Waals surface area contributed by atoms with Crippen LogP contribution in [0.3, 0.4) is 0 Å². The van der Waals surface area contributed by atoms with Crippen molar-refractivity contribution in [2.45, 2.75) is 51.4 Å². The minimum atomic E-state index is -0.0820. The normalized spacial score (nSPS) is 16.9. The summed E-state index contributed by atoms with van der Waals surface area (Å²) in [6.45, 7) is 5.24. The zero-order chi connectivity index (χ0) is 20.2. The van der Waals surface area contributed by atoms with Gasteiger partial charge in [-0.1, -0.05) is 25.0 Å². The van der Waals surface area contributed by atoms with Gasteiger partial charge in [0, 0.05) is 39.0 Å². The maximum atomic E-state index is 11.3. The number of aliphatic imine (C=N–C) groups is 1. The Morgan fingerprint density at radius 3 is 2.64 bits per heavy atom. The van der Waals surface area contributed by atoms with Crippen molar-refractivity contribution in [3.63, 3.8) is 0 Å². The lowest BCUT2D eigenvalue weighted by Crippen LogP contribution is -2.40. The number of ether oxygens (including phenoxy) is 2. The molecule has 1 heterocycles. The van der Waals surface area contributed by atoms with E-state index < -0.39 is 0 Å². The van der Waals surface area contributed by atoms with Gasteiger partial charge in [0.05, 0.1) is 13.7 Å². The second-order valence-corrected chi connectivity index (χ2v) is 7.15. The van der Waals surface area contributed by atoms with Gasteiger partial charge in [0.25, 0.3) is 0 Å². The molecule has 6 nitrogen and oxygen atoms in total. The van der Waals surface area contributed by atoms with Crippen LogP contribution in [0.2, 0.25) is 0 Å². The van der Waals surface area contributed by atoms with Gasteiger partial charge in [-0.15, -0.1) is 0 Å². The lowest BCUT2D eigenvalue weighted by atomic mass is 9.98. The Bertz CT molecular complexity index is 616.